The van der Waals surface area contributed by atoms with Crippen LogP contribution in [0.2, 0.25) is 0 Å². The zero-order chi connectivity index (χ0) is 13.1. The standard InChI is InChI=1S/C15H26N2S/c1-5-17(14-6-7-14)10-13-8-15(18-12(13)4)9-16-11(2)3/h8,11,14,16H,5-7,9-10H2,1-4H3. The molecule has 0 unspecified atom stereocenters. The third-order valence-electron chi connectivity index (χ3n) is 3.60. The van der Waals surface area contributed by atoms with Crippen molar-refractivity contribution >= 4 is 11.3 Å². The SMILES string of the molecule is CCN(Cc1cc(CNC(C)C)sc1C)C1CC1. The van der Waals surface area contributed by atoms with Crippen LogP contribution in [-0.4, -0.2) is 23.5 Å². The Bertz CT molecular complexity index is 380. The van der Waals surface area contributed by atoms with Crippen LogP contribution in [0.1, 0.15) is 48.9 Å². The average molecular weight is 266 g/mol. The topological polar surface area (TPSA) is 15.3 Å². The maximum Gasteiger partial charge on any atom is 0.0302 e. The second-order valence-corrected chi connectivity index (χ2v) is 6.96. The van der Waals surface area contributed by atoms with Gasteiger partial charge in [-0.1, -0.05) is 20.8 Å². The first-order valence-corrected chi connectivity index (χ1v) is 7.97. The number of nitrogens with zero attached hydrogens (tertiary/aromatic N) is 1. The Morgan fingerprint density at radius 2 is 2.17 bits per heavy atom. The Morgan fingerprint density at radius 3 is 2.72 bits per heavy atom. The average Bonchev–Trinajstić information content (AvgIpc) is 3.09. The van der Waals surface area contributed by atoms with E-state index in [4.69, 9.17) is 0 Å². The lowest BCUT2D eigenvalue weighted by atomic mass is 10.2. The molecule has 1 N–H and O–H groups in total. The Kier molecular flexibility index (Phi) is 4.82. The van der Waals surface area contributed by atoms with E-state index in [1.165, 1.54) is 34.7 Å². The van der Waals surface area contributed by atoms with Crippen molar-refractivity contribution in [2.75, 3.05) is 6.54 Å². The summed E-state index contributed by atoms with van der Waals surface area (Å²) in [7, 11) is 0. The predicted octanol–water partition coefficient (Wildman–Crippen LogP) is 3.54. The van der Waals surface area contributed by atoms with Crippen LogP contribution in [0.25, 0.3) is 0 Å². The van der Waals surface area contributed by atoms with E-state index < -0.39 is 0 Å². The summed E-state index contributed by atoms with van der Waals surface area (Å²) in [5, 5.41) is 3.50. The molecule has 18 heavy (non-hydrogen) atoms. The van der Waals surface area contributed by atoms with Gasteiger partial charge in [0.1, 0.15) is 0 Å². The molecule has 1 saturated carbocycles. The molecule has 0 bridgehead atoms. The number of thiophene rings is 1. The number of nitrogens with one attached hydrogen (secondary N) is 1. The van der Waals surface area contributed by atoms with Gasteiger partial charge in [0, 0.05) is 34.9 Å². The molecule has 1 heterocycles. The van der Waals surface area contributed by atoms with Gasteiger partial charge in [0.15, 0.2) is 0 Å². The molecule has 3 heteroatoms. The van der Waals surface area contributed by atoms with Gasteiger partial charge in [-0.05, 0) is 37.9 Å². The van der Waals surface area contributed by atoms with Gasteiger partial charge in [0.2, 0.25) is 0 Å². The van der Waals surface area contributed by atoms with Gasteiger partial charge < -0.3 is 5.32 Å². The summed E-state index contributed by atoms with van der Waals surface area (Å²) >= 11 is 1.95. The van der Waals surface area contributed by atoms with Gasteiger partial charge in [-0.3, -0.25) is 4.90 Å². The Balaban J connectivity index is 1.95. The van der Waals surface area contributed by atoms with Gasteiger partial charge in [-0.15, -0.1) is 11.3 Å². The second kappa shape index (κ2) is 6.18. The minimum Gasteiger partial charge on any atom is -0.310 e. The van der Waals surface area contributed by atoms with Gasteiger partial charge in [0.05, 0.1) is 0 Å². The molecule has 0 saturated heterocycles. The molecule has 0 amide bonds. The number of rotatable bonds is 7. The van der Waals surface area contributed by atoms with E-state index in [0.29, 0.717) is 6.04 Å². The van der Waals surface area contributed by atoms with E-state index in [2.05, 4.69) is 44.0 Å². The van der Waals surface area contributed by atoms with Crippen molar-refractivity contribution in [2.24, 2.45) is 0 Å². The third-order valence-corrected chi connectivity index (χ3v) is 4.69. The van der Waals surface area contributed by atoms with Crippen LogP contribution in [0, 0.1) is 6.92 Å². The molecule has 2 nitrogen and oxygen atoms in total. The molecule has 0 atom stereocenters. The lowest BCUT2D eigenvalue weighted by molar-refractivity contribution is 0.269. The maximum atomic E-state index is 3.50. The van der Waals surface area contributed by atoms with Crippen LogP contribution < -0.4 is 5.32 Å². The number of aryl methyl sites for hydroxylation is 1. The molecule has 0 aliphatic heterocycles. The summed E-state index contributed by atoms with van der Waals surface area (Å²) in [6.07, 6.45) is 2.80. The van der Waals surface area contributed by atoms with E-state index in [0.717, 1.165) is 19.1 Å². The van der Waals surface area contributed by atoms with E-state index >= 15 is 0 Å². The molecule has 1 fully saturated rings. The Hall–Kier alpha value is -0.380. The Labute approximate surface area is 115 Å². The van der Waals surface area contributed by atoms with E-state index in [-0.39, 0.29) is 0 Å². The smallest absolute Gasteiger partial charge is 0.0302 e. The normalized spacial score (nSPS) is 15.9. The van der Waals surface area contributed by atoms with Gasteiger partial charge in [-0.2, -0.15) is 0 Å². The van der Waals surface area contributed by atoms with Crippen molar-refractivity contribution in [1.29, 1.82) is 0 Å². The van der Waals surface area contributed by atoms with Gasteiger partial charge in [0.25, 0.3) is 0 Å². The number of hydrogen-bond acceptors (Lipinski definition) is 3. The third kappa shape index (κ3) is 3.81. The predicted molar refractivity (Wildman–Crippen MR) is 80.1 cm³/mol. The van der Waals surface area contributed by atoms with E-state index in [1.54, 1.807) is 0 Å². The zero-order valence-corrected chi connectivity index (χ0v) is 12.9. The molecule has 0 spiro atoms. The van der Waals surface area contributed by atoms with Crippen LogP contribution in [0.4, 0.5) is 0 Å². The van der Waals surface area contributed by atoms with Crippen LogP contribution >= 0.6 is 11.3 Å². The van der Waals surface area contributed by atoms with Crippen molar-refractivity contribution in [3.05, 3.63) is 21.4 Å². The highest BCUT2D eigenvalue weighted by molar-refractivity contribution is 7.12. The van der Waals surface area contributed by atoms with Crippen molar-refractivity contribution in [1.82, 2.24) is 10.2 Å². The zero-order valence-electron chi connectivity index (χ0n) is 12.1. The quantitative estimate of drug-likeness (QED) is 0.812. The molecule has 102 valence electrons. The van der Waals surface area contributed by atoms with Gasteiger partial charge >= 0.3 is 0 Å². The van der Waals surface area contributed by atoms with Crippen LogP contribution in [0.15, 0.2) is 6.07 Å². The monoisotopic (exact) mass is 266 g/mol. The molecule has 1 aromatic rings. The first-order chi connectivity index (χ1) is 8.60. The van der Waals surface area contributed by atoms with Gasteiger partial charge in [-0.25, -0.2) is 0 Å². The molecule has 1 aliphatic carbocycles. The van der Waals surface area contributed by atoms with Crippen LogP contribution in [0.5, 0.6) is 0 Å². The first-order valence-electron chi connectivity index (χ1n) is 7.15. The van der Waals surface area contributed by atoms with Crippen LogP contribution in [0.3, 0.4) is 0 Å². The first kappa shape index (κ1) is 14.0. The summed E-state index contributed by atoms with van der Waals surface area (Å²) < 4.78 is 0. The largest absolute Gasteiger partial charge is 0.310 e. The molecular formula is C15H26N2S. The van der Waals surface area contributed by atoms with E-state index in [1.807, 2.05) is 11.3 Å². The van der Waals surface area contributed by atoms with Crippen molar-refractivity contribution in [3.8, 4) is 0 Å². The molecule has 1 aromatic heterocycles. The molecule has 0 radical (unpaired) electrons. The van der Waals surface area contributed by atoms with Crippen molar-refractivity contribution in [3.63, 3.8) is 0 Å². The summed E-state index contributed by atoms with van der Waals surface area (Å²) in [6.45, 7) is 12.3. The number of hydrogen-bond donors (Lipinski definition) is 1. The van der Waals surface area contributed by atoms with E-state index in [9.17, 15) is 0 Å². The highest BCUT2D eigenvalue weighted by Crippen LogP contribution is 2.30. The summed E-state index contributed by atoms with van der Waals surface area (Å²) in [5.74, 6) is 0. The maximum absolute atomic E-state index is 3.50. The molecule has 2 rings (SSSR count). The summed E-state index contributed by atoms with van der Waals surface area (Å²) in [4.78, 5) is 5.59. The lowest BCUT2D eigenvalue weighted by Gasteiger charge is -2.19. The fourth-order valence-corrected chi connectivity index (χ4v) is 3.30. The summed E-state index contributed by atoms with van der Waals surface area (Å²) in [6, 6.07) is 3.83. The molecule has 1 aliphatic rings. The summed E-state index contributed by atoms with van der Waals surface area (Å²) in [5.41, 5.74) is 1.54. The lowest BCUT2D eigenvalue weighted by Crippen LogP contribution is -2.25. The highest BCUT2D eigenvalue weighted by atomic mass is 32.1. The second-order valence-electron chi connectivity index (χ2n) is 5.62. The fourth-order valence-electron chi connectivity index (χ4n) is 2.29. The minimum absolute atomic E-state index is 0.564. The van der Waals surface area contributed by atoms with Crippen molar-refractivity contribution in [2.45, 2.75) is 65.7 Å². The minimum atomic E-state index is 0.564. The highest BCUT2D eigenvalue weighted by Gasteiger charge is 2.28. The fraction of sp³-hybridized carbons (Fsp3) is 0.733. The molecule has 0 aromatic carbocycles. The van der Waals surface area contributed by atoms with Crippen molar-refractivity contribution < 1.29 is 0 Å². The molecular weight excluding hydrogens is 240 g/mol. The van der Waals surface area contributed by atoms with Crippen LogP contribution in [-0.2, 0) is 13.1 Å². The Morgan fingerprint density at radius 1 is 1.44 bits per heavy atom.